The van der Waals surface area contributed by atoms with E-state index in [-0.39, 0.29) is 11.5 Å². The number of aldehydes is 1. The highest BCUT2D eigenvalue weighted by Gasteiger charge is 2.58. The molecule has 0 bridgehead atoms. The van der Waals surface area contributed by atoms with Crippen LogP contribution >= 0.6 is 0 Å². The van der Waals surface area contributed by atoms with Crippen LogP contribution in [0.4, 0.5) is 4.79 Å². The monoisotopic (exact) mass is 534 g/mol. The summed E-state index contributed by atoms with van der Waals surface area (Å²) in [5.41, 5.74) is 2.86. The first kappa shape index (κ1) is 28.4. The minimum absolute atomic E-state index is 0.121. The third kappa shape index (κ3) is 5.86. The number of carbonyl (C=O) groups is 2. The molecule has 7 atom stereocenters. The van der Waals surface area contributed by atoms with E-state index in [0.29, 0.717) is 16.7 Å². The van der Waals surface area contributed by atoms with Gasteiger partial charge in [0.2, 0.25) is 0 Å². The van der Waals surface area contributed by atoms with Crippen molar-refractivity contribution >= 4 is 12.4 Å². The Kier molecular flexibility index (Phi) is 8.88. The number of fused-ring (bicyclic) bond motifs is 5. The van der Waals surface area contributed by atoms with Crippen LogP contribution in [0, 0.1) is 34.5 Å². The fourth-order valence-corrected chi connectivity index (χ4v) is 9.35. The average molecular weight is 535 g/mol. The first-order chi connectivity index (χ1) is 18.9. The van der Waals surface area contributed by atoms with E-state index in [0.717, 1.165) is 49.2 Å². The topological polar surface area (TPSA) is 52.6 Å². The molecule has 0 radical (unpaired) electrons. The van der Waals surface area contributed by atoms with Gasteiger partial charge in [0, 0.05) is 12.0 Å². The Morgan fingerprint density at radius 3 is 2.49 bits per heavy atom. The van der Waals surface area contributed by atoms with Crippen LogP contribution in [-0.4, -0.2) is 18.5 Å². The van der Waals surface area contributed by atoms with Crippen molar-refractivity contribution in [2.45, 2.75) is 123 Å². The standard InChI is InChI=1S/C35H50O4/c1-4-5-6-7-8-9-10-26-14-18-31-30-17-13-27-23-29(19-21-35(27,3)32(30)20-22-34(26,31)2)39-33(37)38-28-15-11-25(24-36)12-16-28/h11-13,15-16,24,26,29-32H,4-10,14,17-23H2,1-3H3. The highest BCUT2D eigenvalue weighted by molar-refractivity contribution is 5.75. The molecule has 4 aliphatic rings. The van der Waals surface area contributed by atoms with Gasteiger partial charge in [0.05, 0.1) is 0 Å². The third-order valence-electron chi connectivity index (χ3n) is 11.6. The quantitative estimate of drug-likeness (QED) is 0.0985. The summed E-state index contributed by atoms with van der Waals surface area (Å²) in [6, 6.07) is 6.54. The highest BCUT2D eigenvalue weighted by atomic mass is 16.7. The van der Waals surface area contributed by atoms with Gasteiger partial charge in [0.15, 0.2) is 0 Å². The molecule has 4 nitrogen and oxygen atoms in total. The van der Waals surface area contributed by atoms with Gasteiger partial charge >= 0.3 is 6.16 Å². The molecule has 0 aliphatic heterocycles. The van der Waals surface area contributed by atoms with Gasteiger partial charge in [-0.3, -0.25) is 4.79 Å². The second-order valence-electron chi connectivity index (χ2n) is 13.7. The van der Waals surface area contributed by atoms with Crippen molar-refractivity contribution < 1.29 is 19.1 Å². The van der Waals surface area contributed by atoms with E-state index in [2.05, 4.69) is 26.8 Å². The molecular formula is C35H50O4. The summed E-state index contributed by atoms with van der Waals surface area (Å²) in [6.45, 7) is 7.48. The van der Waals surface area contributed by atoms with E-state index in [4.69, 9.17) is 9.47 Å². The molecule has 4 aliphatic carbocycles. The Labute approximate surface area is 236 Å². The van der Waals surface area contributed by atoms with Crippen LogP contribution in [0.25, 0.3) is 0 Å². The normalized spacial score (nSPS) is 35.3. The van der Waals surface area contributed by atoms with E-state index in [1.165, 1.54) is 82.6 Å². The van der Waals surface area contributed by atoms with Crippen molar-refractivity contribution in [2.24, 2.45) is 34.5 Å². The Bertz CT molecular complexity index is 1030. The molecule has 4 heteroatoms. The summed E-state index contributed by atoms with van der Waals surface area (Å²) in [7, 11) is 0. The van der Waals surface area contributed by atoms with Gasteiger partial charge in [-0.1, -0.05) is 70.9 Å². The molecule has 0 saturated heterocycles. The minimum Gasteiger partial charge on any atom is -0.430 e. The second-order valence-corrected chi connectivity index (χ2v) is 13.7. The fourth-order valence-electron chi connectivity index (χ4n) is 9.35. The molecule has 0 N–H and O–H groups in total. The molecule has 7 unspecified atom stereocenters. The predicted molar refractivity (Wildman–Crippen MR) is 156 cm³/mol. The van der Waals surface area contributed by atoms with Gasteiger partial charge in [-0.05, 0) is 110 Å². The van der Waals surface area contributed by atoms with Crippen LogP contribution in [0.1, 0.15) is 127 Å². The maximum absolute atomic E-state index is 12.5. The first-order valence-electron chi connectivity index (χ1n) is 16.0. The number of rotatable bonds is 10. The SMILES string of the molecule is CCCCCCCCC1CCC2C3CC=C4CC(OC(=O)Oc5ccc(C=O)cc5)CCC4(C)C3CCC12C. The van der Waals surface area contributed by atoms with Crippen molar-refractivity contribution in [3.8, 4) is 5.75 Å². The predicted octanol–water partition coefficient (Wildman–Crippen LogP) is 9.71. The lowest BCUT2D eigenvalue weighted by Gasteiger charge is -2.58. The maximum atomic E-state index is 12.5. The lowest BCUT2D eigenvalue weighted by molar-refractivity contribution is -0.0538. The summed E-state index contributed by atoms with van der Waals surface area (Å²) in [5, 5.41) is 0. The molecule has 0 spiro atoms. The fraction of sp³-hybridized carbons (Fsp3) is 0.714. The molecule has 0 heterocycles. The molecular weight excluding hydrogens is 484 g/mol. The van der Waals surface area contributed by atoms with Crippen molar-refractivity contribution in [1.82, 2.24) is 0 Å². The van der Waals surface area contributed by atoms with Crippen molar-refractivity contribution in [1.29, 1.82) is 0 Å². The van der Waals surface area contributed by atoms with E-state index in [9.17, 15) is 9.59 Å². The van der Waals surface area contributed by atoms with Gasteiger partial charge in [-0.2, -0.15) is 0 Å². The molecule has 3 saturated carbocycles. The lowest BCUT2D eigenvalue weighted by Crippen LogP contribution is -2.50. The van der Waals surface area contributed by atoms with Crippen LogP contribution in [0.2, 0.25) is 0 Å². The number of unbranched alkanes of at least 4 members (excludes halogenated alkanes) is 5. The third-order valence-corrected chi connectivity index (χ3v) is 11.6. The van der Waals surface area contributed by atoms with Gasteiger partial charge in [0.1, 0.15) is 18.1 Å². The summed E-state index contributed by atoms with van der Waals surface area (Å²) in [5.74, 6) is 3.81. The zero-order valence-corrected chi connectivity index (χ0v) is 24.6. The number of ether oxygens (including phenoxy) is 2. The molecule has 5 rings (SSSR count). The molecule has 39 heavy (non-hydrogen) atoms. The van der Waals surface area contributed by atoms with Crippen molar-refractivity contribution in [2.75, 3.05) is 0 Å². The van der Waals surface area contributed by atoms with Gasteiger partial charge < -0.3 is 9.47 Å². The van der Waals surface area contributed by atoms with Crippen molar-refractivity contribution in [3.63, 3.8) is 0 Å². The number of carbonyl (C=O) groups excluding carboxylic acids is 2. The van der Waals surface area contributed by atoms with E-state index >= 15 is 0 Å². The summed E-state index contributed by atoms with van der Waals surface area (Å²) in [4.78, 5) is 23.4. The maximum Gasteiger partial charge on any atom is 0.514 e. The summed E-state index contributed by atoms with van der Waals surface area (Å²) in [6.07, 6.45) is 22.1. The Morgan fingerprint density at radius 2 is 1.72 bits per heavy atom. The number of hydrogen-bond acceptors (Lipinski definition) is 4. The second kappa shape index (κ2) is 12.2. The molecule has 1 aromatic carbocycles. The first-order valence-corrected chi connectivity index (χ1v) is 16.0. The largest absolute Gasteiger partial charge is 0.514 e. The smallest absolute Gasteiger partial charge is 0.430 e. The summed E-state index contributed by atoms with van der Waals surface area (Å²) >= 11 is 0. The van der Waals surface area contributed by atoms with E-state index in [1.807, 2.05) is 0 Å². The molecule has 1 aromatic rings. The molecule has 214 valence electrons. The molecule has 0 amide bonds. The molecule has 3 fully saturated rings. The Morgan fingerprint density at radius 1 is 0.949 bits per heavy atom. The lowest BCUT2D eigenvalue weighted by atomic mass is 9.47. The van der Waals surface area contributed by atoms with Gasteiger partial charge in [0.25, 0.3) is 0 Å². The zero-order valence-electron chi connectivity index (χ0n) is 24.6. The van der Waals surface area contributed by atoms with Crippen LogP contribution in [-0.2, 0) is 4.74 Å². The van der Waals surface area contributed by atoms with E-state index < -0.39 is 6.16 Å². The number of benzene rings is 1. The van der Waals surface area contributed by atoms with Crippen LogP contribution in [0.5, 0.6) is 5.75 Å². The minimum atomic E-state index is -0.646. The number of hydrogen-bond donors (Lipinski definition) is 0. The van der Waals surface area contributed by atoms with Gasteiger partial charge in [-0.25, -0.2) is 4.79 Å². The Hall–Kier alpha value is -2.10. The molecule has 0 aromatic heterocycles. The van der Waals surface area contributed by atoms with E-state index in [1.54, 1.807) is 24.3 Å². The average Bonchev–Trinajstić information content (AvgIpc) is 3.27. The van der Waals surface area contributed by atoms with Crippen LogP contribution in [0.15, 0.2) is 35.9 Å². The van der Waals surface area contributed by atoms with Crippen molar-refractivity contribution in [3.05, 3.63) is 41.5 Å². The van der Waals surface area contributed by atoms with Crippen LogP contribution in [0.3, 0.4) is 0 Å². The highest BCUT2D eigenvalue weighted by Crippen LogP contribution is 2.66. The zero-order chi connectivity index (χ0) is 27.5. The van der Waals surface area contributed by atoms with Gasteiger partial charge in [-0.15, -0.1) is 0 Å². The van der Waals surface area contributed by atoms with Crippen LogP contribution < -0.4 is 4.74 Å². The summed E-state index contributed by atoms with van der Waals surface area (Å²) < 4.78 is 11.2. The number of allylic oxidation sites excluding steroid dienone is 1. The Balaban J connectivity index is 1.16.